The van der Waals surface area contributed by atoms with Gasteiger partial charge in [-0.05, 0) is 28.8 Å². The molecule has 0 fully saturated rings. The minimum absolute atomic E-state index is 0.678. The minimum atomic E-state index is -1.08. The number of aliphatic carboxylic acids is 1. The second-order valence-electron chi connectivity index (χ2n) is 6.82. The van der Waals surface area contributed by atoms with E-state index in [0.717, 1.165) is 29.0 Å². The van der Waals surface area contributed by atoms with Crippen LogP contribution in [0, 0.1) is 0 Å². The molecule has 1 N–H and O–H groups in total. The summed E-state index contributed by atoms with van der Waals surface area (Å²) in [5.74, 6) is -0.238. The van der Waals surface area contributed by atoms with Crippen LogP contribution in [0.2, 0.25) is 0 Å². The topological polar surface area (TPSA) is 53.8 Å². The molecule has 0 saturated carbocycles. The predicted molar refractivity (Wildman–Crippen MR) is 93.1 cm³/mol. The van der Waals surface area contributed by atoms with Crippen LogP contribution in [0.25, 0.3) is 11.1 Å². The summed E-state index contributed by atoms with van der Waals surface area (Å²) >= 11 is 0. The maximum Gasteiger partial charge on any atom is 0.137 e. The van der Waals surface area contributed by atoms with Gasteiger partial charge in [-0.3, -0.25) is 0 Å². The van der Waals surface area contributed by atoms with Crippen LogP contribution in [0.4, 0.5) is 0 Å². The van der Waals surface area contributed by atoms with Crippen molar-refractivity contribution >= 4 is 5.97 Å². The average Bonchev–Trinajstić information content (AvgIpc) is 2.55. The molecule has 0 unspecified atom stereocenters. The lowest BCUT2D eigenvalue weighted by atomic mass is 9.83. The number of nitrogens with one attached hydrogen (secondary N) is 1. The third kappa shape index (κ3) is 4.36. The number of benzene rings is 2. The van der Waals surface area contributed by atoms with E-state index in [1.807, 2.05) is 48.5 Å². The lowest BCUT2D eigenvalue weighted by Gasteiger charge is -2.26. The molecule has 0 aliphatic carbocycles. The van der Waals surface area contributed by atoms with E-state index in [2.05, 4.69) is 14.1 Å². The van der Waals surface area contributed by atoms with Gasteiger partial charge in [-0.1, -0.05) is 50.2 Å². The standard InChI is InChI=1S/C20H25NO3/c1-20(2,19(22)23)17-7-5-6-16(14-17)15-8-10-18(11-9-15)24-13-12-21(3)4/h5-11,14H,12-13H2,1-4H3,(H,22,23). The molecular weight excluding hydrogens is 302 g/mol. The molecule has 0 atom stereocenters. The number of hydrogen-bond acceptors (Lipinski definition) is 3. The van der Waals surface area contributed by atoms with Gasteiger partial charge in [0.25, 0.3) is 0 Å². The molecule has 0 aliphatic heterocycles. The first kappa shape index (κ1) is 18.0. The van der Waals surface area contributed by atoms with Crippen molar-refractivity contribution in [3.63, 3.8) is 0 Å². The normalized spacial score (nSPS) is 11.5. The van der Waals surface area contributed by atoms with Crippen LogP contribution in [0.5, 0.6) is 5.75 Å². The highest BCUT2D eigenvalue weighted by Crippen LogP contribution is 2.28. The highest BCUT2D eigenvalue weighted by Gasteiger charge is 2.22. The number of carboxylic acid groups (broad SMARTS) is 1. The van der Waals surface area contributed by atoms with Crippen LogP contribution in [-0.4, -0.2) is 33.2 Å². The number of rotatable bonds is 7. The molecule has 24 heavy (non-hydrogen) atoms. The Bertz CT molecular complexity index is 690. The van der Waals surface area contributed by atoms with Crippen molar-refractivity contribution in [2.75, 3.05) is 27.2 Å². The largest absolute Gasteiger partial charge is 0.549 e. The van der Waals surface area contributed by atoms with Crippen molar-refractivity contribution < 1.29 is 19.5 Å². The van der Waals surface area contributed by atoms with Crippen LogP contribution in [0.3, 0.4) is 0 Å². The zero-order valence-corrected chi connectivity index (χ0v) is 14.8. The molecule has 0 aromatic heterocycles. The fourth-order valence-corrected chi connectivity index (χ4v) is 2.32. The van der Waals surface area contributed by atoms with E-state index in [4.69, 9.17) is 4.74 Å². The summed E-state index contributed by atoms with van der Waals surface area (Å²) < 4.78 is 5.71. The Morgan fingerprint density at radius 1 is 1.08 bits per heavy atom. The molecule has 2 aromatic rings. The number of hydrogen-bond donors (Lipinski definition) is 1. The van der Waals surface area contributed by atoms with Gasteiger partial charge in [-0.25, -0.2) is 0 Å². The second kappa shape index (κ2) is 7.49. The first-order chi connectivity index (χ1) is 11.3. The Hall–Kier alpha value is -2.33. The Kier molecular flexibility index (Phi) is 5.62. The molecular formula is C20H25NO3. The number of carbonyl (C=O) groups excluding carboxylic acids is 1. The maximum absolute atomic E-state index is 11.3. The molecule has 0 heterocycles. The first-order valence-electron chi connectivity index (χ1n) is 8.15. The SMILES string of the molecule is C[NH+](C)CCOc1ccc(-c2cccc(C(C)(C)C(=O)[O-])c2)cc1. The highest BCUT2D eigenvalue weighted by atomic mass is 16.5. The first-order valence-corrected chi connectivity index (χ1v) is 8.15. The van der Waals surface area contributed by atoms with Gasteiger partial charge in [0.15, 0.2) is 0 Å². The lowest BCUT2D eigenvalue weighted by Crippen LogP contribution is -3.06. The third-order valence-corrected chi connectivity index (χ3v) is 4.15. The van der Waals surface area contributed by atoms with Crippen LogP contribution in [0.15, 0.2) is 48.5 Å². The molecule has 2 aromatic carbocycles. The predicted octanol–water partition coefficient (Wildman–Crippen LogP) is 0.904. The van der Waals surface area contributed by atoms with Crippen LogP contribution in [0.1, 0.15) is 19.4 Å². The van der Waals surface area contributed by atoms with Gasteiger partial charge >= 0.3 is 0 Å². The van der Waals surface area contributed by atoms with Crippen molar-refractivity contribution in [2.45, 2.75) is 19.3 Å². The molecule has 4 nitrogen and oxygen atoms in total. The summed E-state index contributed by atoms with van der Waals surface area (Å²) in [6.07, 6.45) is 0. The molecule has 0 radical (unpaired) electrons. The Morgan fingerprint density at radius 3 is 2.33 bits per heavy atom. The van der Waals surface area contributed by atoms with E-state index in [0.29, 0.717) is 6.61 Å². The zero-order valence-electron chi connectivity index (χ0n) is 14.8. The van der Waals surface area contributed by atoms with Gasteiger partial charge in [-0.2, -0.15) is 0 Å². The van der Waals surface area contributed by atoms with E-state index in [1.165, 1.54) is 4.90 Å². The Morgan fingerprint density at radius 2 is 1.75 bits per heavy atom. The molecule has 0 amide bonds. The van der Waals surface area contributed by atoms with Gasteiger partial charge < -0.3 is 19.5 Å². The van der Waals surface area contributed by atoms with Gasteiger partial charge in [0.05, 0.1) is 20.1 Å². The van der Waals surface area contributed by atoms with Crippen LogP contribution < -0.4 is 14.7 Å². The maximum atomic E-state index is 11.3. The number of carbonyl (C=O) groups is 1. The summed E-state index contributed by atoms with van der Waals surface area (Å²) in [5.41, 5.74) is 1.71. The van der Waals surface area contributed by atoms with E-state index < -0.39 is 11.4 Å². The number of quaternary nitrogens is 1. The summed E-state index contributed by atoms with van der Waals surface area (Å²) in [5, 5.41) is 11.3. The summed E-state index contributed by atoms with van der Waals surface area (Å²) in [6.45, 7) is 4.94. The molecule has 0 bridgehead atoms. The zero-order chi connectivity index (χ0) is 17.7. The molecule has 2 rings (SSSR count). The van der Waals surface area contributed by atoms with E-state index in [9.17, 15) is 9.90 Å². The van der Waals surface area contributed by atoms with Gasteiger partial charge in [0.1, 0.15) is 18.9 Å². The van der Waals surface area contributed by atoms with Gasteiger partial charge in [-0.15, -0.1) is 0 Å². The average molecular weight is 327 g/mol. The highest BCUT2D eigenvalue weighted by molar-refractivity contribution is 5.79. The second-order valence-corrected chi connectivity index (χ2v) is 6.82. The van der Waals surface area contributed by atoms with Crippen LogP contribution in [-0.2, 0) is 10.2 Å². The van der Waals surface area contributed by atoms with Crippen molar-refractivity contribution in [1.29, 1.82) is 0 Å². The van der Waals surface area contributed by atoms with E-state index in [-0.39, 0.29) is 0 Å². The van der Waals surface area contributed by atoms with Gasteiger partial charge in [0, 0.05) is 5.41 Å². The fourth-order valence-electron chi connectivity index (χ4n) is 2.32. The quantitative estimate of drug-likeness (QED) is 0.822. The Labute approximate surface area is 143 Å². The van der Waals surface area contributed by atoms with Gasteiger partial charge in [0.2, 0.25) is 0 Å². The van der Waals surface area contributed by atoms with Crippen molar-refractivity contribution in [3.05, 3.63) is 54.1 Å². The number of carboxylic acids is 1. The summed E-state index contributed by atoms with van der Waals surface area (Å²) in [4.78, 5) is 12.7. The monoisotopic (exact) mass is 327 g/mol. The third-order valence-electron chi connectivity index (χ3n) is 4.15. The van der Waals surface area contributed by atoms with Crippen molar-refractivity contribution in [2.24, 2.45) is 0 Å². The molecule has 0 spiro atoms. The van der Waals surface area contributed by atoms with Crippen molar-refractivity contribution in [1.82, 2.24) is 0 Å². The Balaban J connectivity index is 2.16. The number of likely N-dealkylation sites (N-methyl/N-ethyl adjacent to an activating group) is 1. The van der Waals surface area contributed by atoms with Crippen molar-refractivity contribution in [3.8, 4) is 16.9 Å². The summed E-state index contributed by atoms with van der Waals surface area (Å²) in [7, 11) is 4.18. The number of ether oxygens (including phenoxy) is 1. The molecule has 4 heteroatoms. The molecule has 0 aliphatic rings. The fraction of sp³-hybridized carbons (Fsp3) is 0.350. The smallest absolute Gasteiger partial charge is 0.137 e. The van der Waals surface area contributed by atoms with E-state index >= 15 is 0 Å². The molecule has 128 valence electrons. The van der Waals surface area contributed by atoms with E-state index in [1.54, 1.807) is 13.8 Å². The summed E-state index contributed by atoms with van der Waals surface area (Å²) in [6, 6.07) is 15.4. The lowest BCUT2D eigenvalue weighted by molar-refractivity contribution is -0.858. The minimum Gasteiger partial charge on any atom is -0.549 e. The molecule has 0 saturated heterocycles. The van der Waals surface area contributed by atoms with Crippen LogP contribution >= 0.6 is 0 Å².